The van der Waals surface area contributed by atoms with Gasteiger partial charge in [0.15, 0.2) is 18.8 Å². The van der Waals surface area contributed by atoms with Crippen LogP contribution >= 0.6 is 7.37 Å². The predicted octanol–water partition coefficient (Wildman–Crippen LogP) is 1.41. The van der Waals surface area contributed by atoms with Crippen molar-refractivity contribution in [3.8, 4) is 0 Å². The number of fused-ring (bicyclic) bond motifs is 1. The van der Waals surface area contributed by atoms with Crippen LogP contribution in [0.15, 0.2) is 29.1 Å². The number of carbonyl (C=O) groups is 1. The number of hydrogen-bond acceptors (Lipinski definition) is 4. The zero-order valence-electron chi connectivity index (χ0n) is 11.2. The molecular weight excluding hydrogens is 279 g/mol. The summed E-state index contributed by atoms with van der Waals surface area (Å²) >= 11 is 0. The number of hydrogen-bond donors (Lipinski definition) is 1. The van der Waals surface area contributed by atoms with Crippen LogP contribution in [0.5, 0.6) is 0 Å². The minimum Gasteiger partial charge on any atom is -0.344 e. The summed E-state index contributed by atoms with van der Waals surface area (Å²) in [6, 6.07) is 7.00. The third-order valence-corrected chi connectivity index (χ3v) is 4.05. The molecule has 0 saturated heterocycles. The number of Topliss-reactive ketones (excluding diaryl/α,β-unsaturated/α-hetero) is 1. The van der Waals surface area contributed by atoms with Crippen molar-refractivity contribution in [3.05, 3.63) is 40.3 Å². The molecule has 0 bridgehead atoms. The number of ketones is 1. The number of aromatic nitrogens is 2. The topological polar surface area (TPSA) is 89.3 Å². The number of rotatable bonds is 4. The molecule has 1 aromatic carbocycles. The lowest BCUT2D eigenvalue weighted by atomic mass is 10.2. The zero-order chi connectivity index (χ0) is 14.9. The van der Waals surface area contributed by atoms with E-state index < -0.39 is 18.7 Å². The van der Waals surface area contributed by atoms with E-state index in [0.29, 0.717) is 11.0 Å². The van der Waals surface area contributed by atoms with E-state index in [-0.39, 0.29) is 18.3 Å². The Hall–Kier alpha value is -1.78. The lowest BCUT2D eigenvalue weighted by Crippen LogP contribution is -2.27. The third-order valence-electron chi connectivity index (χ3n) is 3.00. The van der Waals surface area contributed by atoms with Crippen molar-refractivity contribution in [2.45, 2.75) is 6.42 Å². The van der Waals surface area contributed by atoms with E-state index in [2.05, 4.69) is 4.98 Å². The molecule has 1 N–H and O–H groups in total. The molecule has 0 saturated carbocycles. The molecule has 2 aromatic rings. The van der Waals surface area contributed by atoms with E-state index in [9.17, 15) is 19.0 Å². The normalized spacial score (nSPS) is 14.2. The van der Waals surface area contributed by atoms with Crippen LogP contribution in [0, 0.1) is 0 Å². The summed E-state index contributed by atoms with van der Waals surface area (Å²) in [5.74, 6) is -0.507. The summed E-state index contributed by atoms with van der Waals surface area (Å²) in [5.41, 5.74) is 0.510. The van der Waals surface area contributed by atoms with Crippen LogP contribution < -0.4 is 5.56 Å². The van der Waals surface area contributed by atoms with E-state index in [1.165, 1.54) is 11.2 Å². The summed E-state index contributed by atoms with van der Waals surface area (Å²) in [6.45, 7) is 1.19. The van der Waals surface area contributed by atoms with Gasteiger partial charge in [0.1, 0.15) is 0 Å². The fourth-order valence-corrected chi connectivity index (χ4v) is 2.51. The van der Waals surface area contributed by atoms with Gasteiger partial charge < -0.3 is 9.46 Å². The summed E-state index contributed by atoms with van der Waals surface area (Å²) < 4.78 is 12.6. The van der Waals surface area contributed by atoms with Crippen LogP contribution in [-0.2, 0) is 11.6 Å². The minimum absolute atomic E-state index is 0.149. The van der Waals surface area contributed by atoms with E-state index in [0.717, 1.165) is 0 Å². The Morgan fingerprint density at radius 3 is 2.70 bits per heavy atom. The molecule has 6 nitrogen and oxygen atoms in total. The first kappa shape index (κ1) is 14.6. The average Bonchev–Trinajstić information content (AvgIpc) is 2.39. The second kappa shape index (κ2) is 5.31. The molecule has 1 heterocycles. The Labute approximate surface area is 115 Å². The van der Waals surface area contributed by atoms with Crippen LogP contribution in [0.4, 0.5) is 0 Å². The van der Waals surface area contributed by atoms with Gasteiger partial charge in [-0.3, -0.25) is 14.2 Å². The number of aryl methyl sites for hydroxylation is 1. The van der Waals surface area contributed by atoms with Crippen LogP contribution in [0.3, 0.4) is 0 Å². The standard InChI is InChI=1S/C13H15N2O4P/c1-15-10-6-4-3-5-9(10)14-12(13(15)17)11(16)7-8-20(2,18)19/h3-6H,7-8H2,1-2H3,(H,18,19). The quantitative estimate of drug-likeness (QED) is 0.680. The van der Waals surface area contributed by atoms with E-state index in [4.69, 9.17) is 0 Å². The maximum atomic E-state index is 12.1. The van der Waals surface area contributed by atoms with Crippen molar-refractivity contribution in [3.63, 3.8) is 0 Å². The second-order valence-corrected chi connectivity index (χ2v) is 7.31. The van der Waals surface area contributed by atoms with E-state index in [1.807, 2.05) is 0 Å². The molecule has 0 radical (unpaired) electrons. The van der Waals surface area contributed by atoms with Crippen LogP contribution in [-0.4, -0.2) is 33.1 Å². The first-order valence-electron chi connectivity index (χ1n) is 6.08. The molecule has 106 valence electrons. The fraction of sp³-hybridized carbons (Fsp3) is 0.308. The van der Waals surface area contributed by atoms with Gasteiger partial charge >= 0.3 is 0 Å². The molecule has 0 aliphatic rings. The van der Waals surface area contributed by atoms with Crippen molar-refractivity contribution >= 4 is 24.2 Å². The number of para-hydroxylation sites is 2. The summed E-state index contributed by atoms with van der Waals surface area (Å²) in [4.78, 5) is 37.4. The molecule has 0 aliphatic heterocycles. The second-order valence-electron chi connectivity index (χ2n) is 4.76. The van der Waals surface area contributed by atoms with Crippen molar-refractivity contribution in [2.24, 2.45) is 7.05 Å². The lowest BCUT2D eigenvalue weighted by molar-refractivity contribution is 0.0981. The van der Waals surface area contributed by atoms with Gasteiger partial charge in [0.25, 0.3) is 5.56 Å². The Balaban J connectivity index is 2.45. The summed E-state index contributed by atoms with van der Waals surface area (Å²) in [6.07, 6.45) is -0.311. The first-order valence-corrected chi connectivity index (χ1v) is 8.37. The molecule has 1 unspecified atom stereocenters. The molecule has 2 rings (SSSR count). The molecular formula is C13H15N2O4P. The van der Waals surface area contributed by atoms with E-state index >= 15 is 0 Å². The Morgan fingerprint density at radius 1 is 1.40 bits per heavy atom. The SMILES string of the molecule is Cn1c(=O)c(C(=O)CCP(C)(=O)O)nc2ccccc21. The highest BCUT2D eigenvalue weighted by molar-refractivity contribution is 7.57. The molecule has 0 aliphatic carbocycles. The monoisotopic (exact) mass is 294 g/mol. The lowest BCUT2D eigenvalue weighted by Gasteiger charge is -2.08. The number of nitrogens with zero attached hydrogens (tertiary/aromatic N) is 2. The Morgan fingerprint density at radius 2 is 2.05 bits per heavy atom. The molecule has 7 heteroatoms. The Bertz CT molecular complexity index is 776. The van der Waals surface area contributed by atoms with Gasteiger partial charge in [0.2, 0.25) is 0 Å². The van der Waals surface area contributed by atoms with Gasteiger partial charge in [-0.15, -0.1) is 0 Å². The number of carbonyl (C=O) groups excluding carboxylic acids is 1. The molecule has 0 amide bonds. The van der Waals surface area contributed by atoms with Gasteiger partial charge in [-0.25, -0.2) is 4.98 Å². The van der Waals surface area contributed by atoms with Gasteiger partial charge in [-0.2, -0.15) is 0 Å². The van der Waals surface area contributed by atoms with E-state index in [1.54, 1.807) is 31.3 Å². The average molecular weight is 294 g/mol. The number of benzene rings is 1. The highest BCUT2D eigenvalue weighted by Crippen LogP contribution is 2.35. The maximum Gasteiger partial charge on any atom is 0.280 e. The minimum atomic E-state index is -3.27. The van der Waals surface area contributed by atoms with Crippen LogP contribution in [0.25, 0.3) is 11.0 Å². The van der Waals surface area contributed by atoms with Gasteiger partial charge in [-0.05, 0) is 12.1 Å². The maximum absolute atomic E-state index is 12.1. The van der Waals surface area contributed by atoms with Crippen molar-refractivity contribution in [2.75, 3.05) is 12.8 Å². The molecule has 1 atom stereocenters. The highest BCUT2D eigenvalue weighted by atomic mass is 31.2. The van der Waals surface area contributed by atoms with Crippen molar-refractivity contribution < 1.29 is 14.3 Å². The molecule has 1 aromatic heterocycles. The molecule has 0 fully saturated rings. The molecule has 20 heavy (non-hydrogen) atoms. The van der Waals surface area contributed by atoms with Gasteiger partial charge in [-0.1, -0.05) is 12.1 Å². The fourth-order valence-electron chi connectivity index (χ4n) is 1.89. The van der Waals surface area contributed by atoms with Crippen LogP contribution in [0.2, 0.25) is 0 Å². The van der Waals surface area contributed by atoms with Gasteiger partial charge in [0.05, 0.1) is 11.0 Å². The summed E-state index contributed by atoms with van der Waals surface area (Å²) in [7, 11) is -1.70. The first-order chi connectivity index (χ1) is 9.29. The smallest absolute Gasteiger partial charge is 0.280 e. The predicted molar refractivity (Wildman–Crippen MR) is 76.5 cm³/mol. The van der Waals surface area contributed by atoms with Crippen molar-refractivity contribution in [1.82, 2.24) is 9.55 Å². The molecule has 0 spiro atoms. The largest absolute Gasteiger partial charge is 0.344 e. The van der Waals surface area contributed by atoms with Crippen LogP contribution in [0.1, 0.15) is 16.9 Å². The zero-order valence-corrected chi connectivity index (χ0v) is 12.1. The van der Waals surface area contributed by atoms with Crippen molar-refractivity contribution in [1.29, 1.82) is 0 Å². The third kappa shape index (κ3) is 3.03. The summed E-state index contributed by atoms with van der Waals surface area (Å²) in [5, 5.41) is 0. The highest BCUT2D eigenvalue weighted by Gasteiger charge is 2.19. The van der Waals surface area contributed by atoms with Gasteiger partial charge in [0, 0.05) is 26.3 Å². The Kier molecular flexibility index (Phi) is 3.88.